The van der Waals surface area contributed by atoms with Crippen molar-refractivity contribution in [2.24, 2.45) is 11.1 Å². The summed E-state index contributed by atoms with van der Waals surface area (Å²) >= 11 is 1.78. The molecule has 1 saturated carbocycles. The van der Waals surface area contributed by atoms with E-state index in [4.69, 9.17) is 5.73 Å². The molecule has 0 aliphatic heterocycles. The molecule has 1 aliphatic rings. The minimum Gasteiger partial charge on any atom is -0.326 e. The Morgan fingerprint density at radius 1 is 1.47 bits per heavy atom. The largest absolute Gasteiger partial charge is 0.326 e. The molecule has 2 N–H and O–H groups in total. The molecule has 0 spiro atoms. The van der Waals surface area contributed by atoms with Crippen molar-refractivity contribution in [3.05, 3.63) is 22.4 Å². The SMILES string of the molecule is CC(C)(C)C(N)CN(Cc1ccsc1)C1CC1. The smallest absolute Gasteiger partial charge is 0.0245 e. The van der Waals surface area contributed by atoms with E-state index in [0.717, 1.165) is 19.1 Å². The molecule has 96 valence electrons. The lowest BCUT2D eigenvalue weighted by molar-refractivity contribution is 0.185. The summed E-state index contributed by atoms with van der Waals surface area (Å²) in [5, 5.41) is 4.40. The molecule has 1 aliphatic carbocycles. The molecule has 0 bridgehead atoms. The second kappa shape index (κ2) is 5.09. The van der Waals surface area contributed by atoms with Gasteiger partial charge in [0.05, 0.1) is 0 Å². The first-order chi connectivity index (χ1) is 7.97. The lowest BCUT2D eigenvalue weighted by Crippen LogP contribution is -2.45. The summed E-state index contributed by atoms with van der Waals surface area (Å²) in [7, 11) is 0. The quantitative estimate of drug-likeness (QED) is 0.872. The Labute approximate surface area is 109 Å². The van der Waals surface area contributed by atoms with Crippen LogP contribution < -0.4 is 5.73 Å². The van der Waals surface area contributed by atoms with Crippen molar-refractivity contribution >= 4 is 11.3 Å². The van der Waals surface area contributed by atoms with E-state index in [0.29, 0.717) is 0 Å². The molecule has 1 fully saturated rings. The lowest BCUT2D eigenvalue weighted by atomic mass is 9.87. The zero-order chi connectivity index (χ0) is 12.5. The van der Waals surface area contributed by atoms with Gasteiger partial charge in [-0.25, -0.2) is 0 Å². The molecule has 1 heterocycles. The van der Waals surface area contributed by atoms with Crippen molar-refractivity contribution < 1.29 is 0 Å². The topological polar surface area (TPSA) is 29.3 Å². The molecule has 1 aromatic heterocycles. The highest BCUT2D eigenvalue weighted by Gasteiger charge is 2.32. The summed E-state index contributed by atoms with van der Waals surface area (Å²) in [5.74, 6) is 0. The second-order valence-corrected chi connectivity index (χ2v) is 7.04. The van der Waals surface area contributed by atoms with Crippen molar-refractivity contribution in [3.8, 4) is 0 Å². The number of hydrogen-bond acceptors (Lipinski definition) is 3. The van der Waals surface area contributed by atoms with Crippen molar-refractivity contribution in [1.82, 2.24) is 4.90 Å². The number of nitrogens with zero attached hydrogens (tertiary/aromatic N) is 1. The first kappa shape index (κ1) is 13.1. The van der Waals surface area contributed by atoms with Gasteiger partial charge in [0.2, 0.25) is 0 Å². The van der Waals surface area contributed by atoms with Gasteiger partial charge in [0.25, 0.3) is 0 Å². The Bertz CT molecular complexity index is 336. The van der Waals surface area contributed by atoms with E-state index in [1.54, 1.807) is 11.3 Å². The molecule has 1 atom stereocenters. The zero-order valence-electron chi connectivity index (χ0n) is 11.1. The monoisotopic (exact) mass is 252 g/mol. The Balaban J connectivity index is 1.94. The van der Waals surface area contributed by atoms with E-state index in [2.05, 4.69) is 42.5 Å². The van der Waals surface area contributed by atoms with Gasteiger partial charge < -0.3 is 5.73 Å². The van der Waals surface area contributed by atoms with Gasteiger partial charge in [-0.15, -0.1) is 0 Å². The maximum absolute atomic E-state index is 6.31. The third kappa shape index (κ3) is 3.80. The fourth-order valence-corrected chi connectivity index (χ4v) is 2.59. The summed E-state index contributed by atoms with van der Waals surface area (Å²) in [6, 6.07) is 3.26. The summed E-state index contributed by atoms with van der Waals surface area (Å²) in [6.07, 6.45) is 2.70. The van der Waals surface area contributed by atoms with Crippen LogP contribution in [0.2, 0.25) is 0 Å². The van der Waals surface area contributed by atoms with Gasteiger partial charge in [-0.05, 0) is 40.6 Å². The standard InChI is InChI=1S/C14H24N2S/c1-14(2,3)13(15)9-16(12-4-5-12)8-11-6-7-17-10-11/h6-7,10,12-13H,4-5,8-9,15H2,1-3H3. The third-order valence-electron chi connectivity index (χ3n) is 3.57. The summed E-state index contributed by atoms with van der Waals surface area (Å²) in [6.45, 7) is 8.77. The van der Waals surface area contributed by atoms with Crippen LogP contribution in [-0.2, 0) is 6.54 Å². The normalized spacial score (nSPS) is 18.6. The van der Waals surface area contributed by atoms with Gasteiger partial charge in [-0.3, -0.25) is 4.90 Å². The first-order valence-corrected chi connectivity index (χ1v) is 7.42. The highest BCUT2D eigenvalue weighted by atomic mass is 32.1. The van der Waals surface area contributed by atoms with E-state index >= 15 is 0 Å². The number of thiophene rings is 1. The molecule has 0 aromatic carbocycles. The summed E-state index contributed by atoms with van der Waals surface area (Å²) < 4.78 is 0. The molecule has 2 rings (SSSR count). The lowest BCUT2D eigenvalue weighted by Gasteiger charge is -2.32. The van der Waals surface area contributed by atoms with Crippen molar-refractivity contribution in [2.75, 3.05) is 6.54 Å². The van der Waals surface area contributed by atoms with Crippen LogP contribution in [0.1, 0.15) is 39.2 Å². The van der Waals surface area contributed by atoms with Crippen molar-refractivity contribution in [3.63, 3.8) is 0 Å². The highest BCUT2D eigenvalue weighted by molar-refractivity contribution is 7.07. The molecule has 1 aromatic rings. The predicted octanol–water partition coefficient (Wildman–Crippen LogP) is 3.09. The Morgan fingerprint density at radius 3 is 2.65 bits per heavy atom. The Morgan fingerprint density at radius 2 is 2.18 bits per heavy atom. The van der Waals surface area contributed by atoms with Crippen LogP contribution in [0.25, 0.3) is 0 Å². The Hall–Kier alpha value is -0.380. The van der Waals surface area contributed by atoms with Crippen LogP contribution in [0.5, 0.6) is 0 Å². The third-order valence-corrected chi connectivity index (χ3v) is 4.30. The molecule has 1 unspecified atom stereocenters. The van der Waals surface area contributed by atoms with Gasteiger partial charge in [-0.2, -0.15) is 11.3 Å². The zero-order valence-corrected chi connectivity index (χ0v) is 12.0. The van der Waals surface area contributed by atoms with Crippen LogP contribution in [0.4, 0.5) is 0 Å². The van der Waals surface area contributed by atoms with Crippen molar-refractivity contribution in [1.29, 1.82) is 0 Å². The van der Waals surface area contributed by atoms with Gasteiger partial charge in [0, 0.05) is 25.2 Å². The van der Waals surface area contributed by atoms with E-state index in [-0.39, 0.29) is 11.5 Å². The van der Waals surface area contributed by atoms with E-state index in [1.165, 1.54) is 18.4 Å². The number of nitrogens with two attached hydrogens (primary N) is 1. The maximum atomic E-state index is 6.31. The number of hydrogen-bond donors (Lipinski definition) is 1. The fraction of sp³-hybridized carbons (Fsp3) is 0.714. The van der Waals surface area contributed by atoms with Gasteiger partial charge in [-0.1, -0.05) is 20.8 Å². The van der Waals surface area contributed by atoms with Crippen molar-refractivity contribution in [2.45, 2.75) is 52.2 Å². The second-order valence-electron chi connectivity index (χ2n) is 6.26. The fourth-order valence-electron chi connectivity index (χ4n) is 1.93. The van der Waals surface area contributed by atoms with E-state index in [9.17, 15) is 0 Å². The average Bonchev–Trinajstić information content (AvgIpc) is 2.95. The van der Waals surface area contributed by atoms with Gasteiger partial charge in [0.15, 0.2) is 0 Å². The Kier molecular flexibility index (Phi) is 3.91. The average molecular weight is 252 g/mol. The minimum atomic E-state index is 0.196. The van der Waals surface area contributed by atoms with Crippen LogP contribution in [0.3, 0.4) is 0 Å². The van der Waals surface area contributed by atoms with Crippen LogP contribution in [0, 0.1) is 5.41 Å². The molecular formula is C14H24N2S. The van der Waals surface area contributed by atoms with Crippen LogP contribution >= 0.6 is 11.3 Å². The van der Waals surface area contributed by atoms with E-state index < -0.39 is 0 Å². The summed E-state index contributed by atoms with van der Waals surface area (Å²) in [4.78, 5) is 2.57. The molecule has 17 heavy (non-hydrogen) atoms. The highest BCUT2D eigenvalue weighted by Crippen LogP contribution is 2.30. The van der Waals surface area contributed by atoms with Crippen LogP contribution in [0.15, 0.2) is 16.8 Å². The molecule has 3 heteroatoms. The number of rotatable bonds is 5. The first-order valence-electron chi connectivity index (χ1n) is 6.47. The molecule has 2 nitrogen and oxygen atoms in total. The van der Waals surface area contributed by atoms with Crippen LogP contribution in [-0.4, -0.2) is 23.5 Å². The molecule has 0 radical (unpaired) electrons. The molecule has 0 amide bonds. The minimum absolute atomic E-state index is 0.196. The van der Waals surface area contributed by atoms with Gasteiger partial charge in [0.1, 0.15) is 0 Å². The summed E-state index contributed by atoms with van der Waals surface area (Å²) in [5.41, 5.74) is 7.94. The predicted molar refractivity (Wildman–Crippen MR) is 75.2 cm³/mol. The van der Waals surface area contributed by atoms with Gasteiger partial charge >= 0.3 is 0 Å². The molecular weight excluding hydrogens is 228 g/mol. The molecule has 0 saturated heterocycles. The maximum Gasteiger partial charge on any atom is 0.0245 e. The van der Waals surface area contributed by atoms with E-state index in [1.807, 2.05) is 0 Å².